The van der Waals surface area contributed by atoms with Crippen molar-refractivity contribution in [3.8, 4) is 0 Å². The molecule has 1 aliphatic carbocycles. The first-order valence-electron chi connectivity index (χ1n) is 9.89. The first kappa shape index (κ1) is 17.6. The van der Waals surface area contributed by atoms with Crippen molar-refractivity contribution in [2.24, 2.45) is 10.9 Å². The maximum atomic E-state index is 5.85. The molecule has 7 heteroatoms. The van der Waals surface area contributed by atoms with Gasteiger partial charge in [-0.2, -0.15) is 0 Å². The lowest BCUT2D eigenvalue weighted by molar-refractivity contribution is 0.556. The second kappa shape index (κ2) is 7.16. The topological polar surface area (TPSA) is 92.3 Å². The molecule has 5 rings (SSSR count). The van der Waals surface area contributed by atoms with Gasteiger partial charge >= 0.3 is 0 Å². The molecule has 29 heavy (non-hydrogen) atoms. The molecule has 146 valence electrons. The van der Waals surface area contributed by atoms with Gasteiger partial charge in [-0.05, 0) is 43.4 Å². The fourth-order valence-electron chi connectivity index (χ4n) is 3.51. The van der Waals surface area contributed by atoms with E-state index >= 15 is 0 Å². The van der Waals surface area contributed by atoms with E-state index in [4.69, 9.17) is 10.7 Å². The Labute approximate surface area is 169 Å². The van der Waals surface area contributed by atoms with Gasteiger partial charge in [0.15, 0.2) is 0 Å². The largest absolute Gasteiger partial charge is 0.368 e. The third kappa shape index (κ3) is 3.76. The van der Waals surface area contributed by atoms with E-state index in [9.17, 15) is 0 Å². The van der Waals surface area contributed by atoms with Crippen LogP contribution in [0.3, 0.4) is 0 Å². The van der Waals surface area contributed by atoms with Gasteiger partial charge in [0.2, 0.25) is 11.9 Å². The monoisotopic (exact) mass is 385 g/mol. The number of likely N-dealkylation sites (N-methyl/N-ethyl adjacent to an activating group) is 1. The van der Waals surface area contributed by atoms with Gasteiger partial charge in [0.1, 0.15) is 0 Å². The van der Waals surface area contributed by atoms with Crippen LogP contribution in [0.5, 0.6) is 0 Å². The number of nitrogens with zero attached hydrogens (tertiary/aromatic N) is 5. The van der Waals surface area contributed by atoms with E-state index in [0.717, 1.165) is 52.5 Å². The zero-order valence-corrected chi connectivity index (χ0v) is 16.3. The maximum Gasteiger partial charge on any atom is 0.220 e. The fraction of sp³-hybridized carbons (Fsp3) is 0.273. The van der Waals surface area contributed by atoms with Crippen molar-refractivity contribution in [3.63, 3.8) is 0 Å². The van der Waals surface area contributed by atoms with Gasteiger partial charge in [-0.15, -0.1) is 0 Å². The highest BCUT2D eigenvalue weighted by atomic mass is 15.3. The van der Waals surface area contributed by atoms with Crippen molar-refractivity contribution < 1.29 is 0 Å². The highest BCUT2D eigenvalue weighted by molar-refractivity contribution is 5.99. The van der Waals surface area contributed by atoms with Crippen LogP contribution in [-0.2, 0) is 6.42 Å². The van der Waals surface area contributed by atoms with E-state index in [1.807, 2.05) is 31.4 Å². The van der Waals surface area contributed by atoms with Crippen LogP contribution in [0, 0.1) is 5.92 Å². The van der Waals surface area contributed by atoms with Gasteiger partial charge in [-0.1, -0.05) is 18.2 Å². The second-order valence-electron chi connectivity index (χ2n) is 7.68. The molecule has 3 N–H and O–H groups in total. The van der Waals surface area contributed by atoms with Gasteiger partial charge in [0, 0.05) is 30.7 Å². The quantitative estimate of drug-likeness (QED) is 0.716. The molecule has 1 aliphatic heterocycles. The Morgan fingerprint density at radius 1 is 1.17 bits per heavy atom. The summed E-state index contributed by atoms with van der Waals surface area (Å²) in [5.41, 5.74) is 10.6. The molecule has 1 fully saturated rings. The molecule has 0 spiro atoms. The van der Waals surface area contributed by atoms with Crippen LogP contribution in [0.15, 0.2) is 53.8 Å². The van der Waals surface area contributed by atoms with Gasteiger partial charge < -0.3 is 16.0 Å². The lowest BCUT2D eigenvalue weighted by Crippen LogP contribution is -2.35. The number of guanidine groups is 1. The molecular formula is C22H23N7. The number of nitrogens with one attached hydrogen (secondary N) is 1. The summed E-state index contributed by atoms with van der Waals surface area (Å²) in [5.74, 6) is 1.80. The van der Waals surface area contributed by atoms with E-state index in [-0.39, 0.29) is 0 Å². The van der Waals surface area contributed by atoms with Crippen LogP contribution in [0.2, 0.25) is 0 Å². The highest BCUT2D eigenvalue weighted by Crippen LogP contribution is 2.34. The Kier molecular flexibility index (Phi) is 4.35. The Morgan fingerprint density at radius 3 is 2.90 bits per heavy atom. The van der Waals surface area contributed by atoms with E-state index < -0.39 is 0 Å². The van der Waals surface area contributed by atoms with Crippen molar-refractivity contribution >= 4 is 34.2 Å². The molecule has 0 radical (unpaired) electrons. The van der Waals surface area contributed by atoms with Crippen molar-refractivity contribution in [3.05, 3.63) is 60.1 Å². The first-order valence-corrected chi connectivity index (χ1v) is 9.89. The van der Waals surface area contributed by atoms with E-state index in [0.29, 0.717) is 11.9 Å². The van der Waals surface area contributed by atoms with Crippen LogP contribution in [0.1, 0.15) is 24.1 Å². The summed E-state index contributed by atoms with van der Waals surface area (Å²) in [4.78, 5) is 20.2. The summed E-state index contributed by atoms with van der Waals surface area (Å²) < 4.78 is 0. The van der Waals surface area contributed by atoms with Gasteiger partial charge in [-0.25, -0.2) is 15.0 Å². The highest BCUT2D eigenvalue weighted by Gasteiger charge is 2.25. The van der Waals surface area contributed by atoms with Crippen molar-refractivity contribution in [2.75, 3.05) is 24.6 Å². The molecule has 2 aliphatic rings. The molecule has 0 bridgehead atoms. The van der Waals surface area contributed by atoms with Crippen molar-refractivity contribution in [1.82, 2.24) is 19.9 Å². The molecular weight excluding hydrogens is 362 g/mol. The van der Waals surface area contributed by atoms with E-state index in [1.54, 1.807) is 6.20 Å². The number of rotatable bonds is 4. The number of nitrogens with two attached hydrogens (primary N) is 1. The summed E-state index contributed by atoms with van der Waals surface area (Å²) in [6.45, 7) is 0.745. The number of fused-ring (bicyclic) bond motifs is 1. The Morgan fingerprint density at radius 2 is 2.03 bits per heavy atom. The van der Waals surface area contributed by atoms with Gasteiger partial charge in [0.05, 0.1) is 28.8 Å². The summed E-state index contributed by atoms with van der Waals surface area (Å²) in [7, 11) is 2.01. The molecule has 1 aromatic carbocycles. The first-order chi connectivity index (χ1) is 14.2. The van der Waals surface area contributed by atoms with Crippen LogP contribution in [-0.4, -0.2) is 39.4 Å². The number of nitrogen functional groups attached to an aromatic ring is 1. The lowest BCUT2D eigenvalue weighted by atomic mass is 10.1. The number of para-hydroxylation sites is 1. The number of anilines is 2. The minimum absolute atomic E-state index is 0.322. The Bertz CT molecular complexity index is 1130. The molecule has 0 atom stereocenters. The molecule has 7 nitrogen and oxygen atoms in total. The molecule has 0 saturated heterocycles. The normalized spacial score (nSPS) is 16.5. The zero-order valence-electron chi connectivity index (χ0n) is 16.3. The molecule has 0 amide bonds. The number of pyridine rings is 1. The van der Waals surface area contributed by atoms with Gasteiger partial charge in [-0.3, -0.25) is 4.98 Å². The average Bonchev–Trinajstić information content (AvgIpc) is 3.54. The number of hydrogen-bond acceptors (Lipinski definition) is 7. The maximum absolute atomic E-state index is 5.85. The van der Waals surface area contributed by atoms with Crippen LogP contribution in [0.25, 0.3) is 16.6 Å². The molecule has 2 aromatic heterocycles. The smallest absolute Gasteiger partial charge is 0.220 e. The lowest BCUT2D eigenvalue weighted by Gasteiger charge is -2.25. The summed E-state index contributed by atoms with van der Waals surface area (Å²) in [6, 6.07) is 10.2. The van der Waals surface area contributed by atoms with E-state index in [2.05, 4.69) is 43.4 Å². The number of benzene rings is 1. The summed E-state index contributed by atoms with van der Waals surface area (Å²) in [5, 5.41) is 4.50. The minimum Gasteiger partial charge on any atom is -0.368 e. The second-order valence-corrected chi connectivity index (χ2v) is 7.68. The van der Waals surface area contributed by atoms with Crippen LogP contribution in [0.4, 0.5) is 11.6 Å². The third-order valence-corrected chi connectivity index (χ3v) is 5.33. The third-order valence-electron chi connectivity index (χ3n) is 5.33. The Hall–Kier alpha value is -3.48. The SMILES string of the molecule is CN1CC=C(c2cnc(N)nc2CC2CC2)N=C1Nc1cnc2ccccc2c1. The molecule has 3 heterocycles. The van der Waals surface area contributed by atoms with Crippen molar-refractivity contribution in [2.45, 2.75) is 19.3 Å². The number of aliphatic imine (C=N–C) groups is 1. The fourth-order valence-corrected chi connectivity index (χ4v) is 3.51. The predicted molar refractivity (Wildman–Crippen MR) is 116 cm³/mol. The van der Waals surface area contributed by atoms with Crippen molar-refractivity contribution in [1.29, 1.82) is 0 Å². The summed E-state index contributed by atoms with van der Waals surface area (Å²) >= 11 is 0. The van der Waals surface area contributed by atoms with Crippen LogP contribution >= 0.6 is 0 Å². The minimum atomic E-state index is 0.322. The van der Waals surface area contributed by atoms with Crippen LogP contribution < -0.4 is 11.1 Å². The molecule has 0 unspecified atom stereocenters. The Balaban J connectivity index is 1.45. The zero-order chi connectivity index (χ0) is 19.8. The average molecular weight is 385 g/mol. The summed E-state index contributed by atoms with van der Waals surface area (Å²) in [6.07, 6.45) is 9.20. The molecule has 1 saturated carbocycles. The standard InChI is InChI=1S/C22H23N7/c1-29-9-8-19(17-13-25-21(23)27-20(17)10-14-6-7-14)28-22(29)26-16-11-15-4-2-3-5-18(15)24-12-16/h2-5,8,11-14H,6-7,9-10H2,1H3,(H,26,28)(H2,23,25,27). The number of hydrogen-bond donors (Lipinski definition) is 2. The predicted octanol–water partition coefficient (Wildman–Crippen LogP) is 3.31. The van der Waals surface area contributed by atoms with Gasteiger partial charge in [0.25, 0.3) is 0 Å². The number of aromatic nitrogens is 3. The van der Waals surface area contributed by atoms with E-state index in [1.165, 1.54) is 12.8 Å². The molecule has 3 aromatic rings.